The minimum absolute atomic E-state index is 0.232. The molecule has 2 heterocycles. The molecule has 0 saturated carbocycles. The summed E-state index contributed by atoms with van der Waals surface area (Å²) in [7, 11) is 0. The Kier molecular flexibility index (Phi) is 5.19. The van der Waals surface area contributed by atoms with Crippen molar-refractivity contribution in [2.45, 2.75) is 38.3 Å². The molecular formula is C13H17BrClN3O. The summed E-state index contributed by atoms with van der Waals surface area (Å²) >= 11 is 9.37. The fraction of sp³-hybridized carbons (Fsp3) is 0.538. The van der Waals surface area contributed by atoms with Crippen LogP contribution >= 0.6 is 27.5 Å². The second-order valence-electron chi connectivity index (χ2n) is 4.87. The summed E-state index contributed by atoms with van der Waals surface area (Å²) in [5.41, 5.74) is 6.27. The number of halogens is 2. The molecule has 1 aromatic rings. The van der Waals surface area contributed by atoms with E-state index in [1.807, 2.05) is 6.07 Å². The molecule has 0 aromatic carbocycles. The SMILES string of the molecule is NC(=O)CC1CCCCN1Cc1ncc(Cl)cc1Br. The van der Waals surface area contributed by atoms with Crippen molar-refractivity contribution in [1.82, 2.24) is 9.88 Å². The van der Waals surface area contributed by atoms with Gasteiger partial charge in [0.15, 0.2) is 0 Å². The van der Waals surface area contributed by atoms with Crippen molar-refractivity contribution in [2.75, 3.05) is 6.54 Å². The van der Waals surface area contributed by atoms with Crippen molar-refractivity contribution in [1.29, 1.82) is 0 Å². The highest BCUT2D eigenvalue weighted by Crippen LogP contribution is 2.25. The highest BCUT2D eigenvalue weighted by atomic mass is 79.9. The van der Waals surface area contributed by atoms with E-state index in [-0.39, 0.29) is 11.9 Å². The van der Waals surface area contributed by atoms with Crippen molar-refractivity contribution < 1.29 is 4.79 Å². The standard InChI is InChI=1S/C13H17BrClN3O/c14-11-5-9(15)7-17-12(11)8-18-4-2-1-3-10(18)6-13(16)19/h5,7,10H,1-4,6,8H2,(H2,16,19). The lowest BCUT2D eigenvalue weighted by molar-refractivity contribution is -0.119. The van der Waals surface area contributed by atoms with Gasteiger partial charge in [-0.1, -0.05) is 18.0 Å². The number of likely N-dealkylation sites (tertiary alicyclic amines) is 1. The van der Waals surface area contributed by atoms with Crippen LogP contribution in [0.2, 0.25) is 5.02 Å². The number of nitrogens with zero attached hydrogens (tertiary/aromatic N) is 2. The van der Waals surface area contributed by atoms with Crippen LogP contribution in [0.1, 0.15) is 31.4 Å². The maximum Gasteiger partial charge on any atom is 0.218 e. The van der Waals surface area contributed by atoms with Crippen LogP contribution in [-0.2, 0) is 11.3 Å². The highest BCUT2D eigenvalue weighted by molar-refractivity contribution is 9.10. The topological polar surface area (TPSA) is 59.2 Å². The third kappa shape index (κ3) is 4.16. The number of hydrogen-bond acceptors (Lipinski definition) is 3. The van der Waals surface area contributed by atoms with Crippen molar-refractivity contribution >= 4 is 33.4 Å². The van der Waals surface area contributed by atoms with Crippen LogP contribution in [0.15, 0.2) is 16.7 Å². The molecular weight excluding hydrogens is 330 g/mol. The second kappa shape index (κ2) is 6.68. The fourth-order valence-corrected chi connectivity index (χ4v) is 3.25. The Morgan fingerprint density at radius 3 is 3.05 bits per heavy atom. The molecule has 6 heteroatoms. The predicted molar refractivity (Wildman–Crippen MR) is 78.8 cm³/mol. The Morgan fingerprint density at radius 2 is 2.37 bits per heavy atom. The third-order valence-corrected chi connectivity index (χ3v) is 4.32. The van der Waals surface area contributed by atoms with Gasteiger partial charge in [-0.2, -0.15) is 0 Å². The van der Waals surface area contributed by atoms with Gasteiger partial charge in [0.2, 0.25) is 5.91 Å². The molecule has 1 aliphatic rings. The molecule has 1 aliphatic heterocycles. The lowest BCUT2D eigenvalue weighted by Crippen LogP contribution is -2.41. The highest BCUT2D eigenvalue weighted by Gasteiger charge is 2.24. The van der Waals surface area contributed by atoms with E-state index in [0.717, 1.165) is 42.5 Å². The van der Waals surface area contributed by atoms with E-state index in [1.165, 1.54) is 0 Å². The van der Waals surface area contributed by atoms with Crippen molar-refractivity contribution in [2.24, 2.45) is 5.73 Å². The van der Waals surface area contributed by atoms with Crippen molar-refractivity contribution in [3.63, 3.8) is 0 Å². The van der Waals surface area contributed by atoms with Crippen LogP contribution in [0.5, 0.6) is 0 Å². The molecule has 2 rings (SSSR count). The zero-order valence-corrected chi connectivity index (χ0v) is 13.0. The lowest BCUT2D eigenvalue weighted by atomic mass is 9.99. The van der Waals surface area contributed by atoms with Crippen LogP contribution in [0.3, 0.4) is 0 Å². The number of rotatable bonds is 4. The molecule has 0 spiro atoms. The van der Waals surface area contributed by atoms with Crippen LogP contribution in [-0.4, -0.2) is 28.4 Å². The van der Waals surface area contributed by atoms with Crippen LogP contribution < -0.4 is 5.73 Å². The average Bonchev–Trinajstić information content (AvgIpc) is 2.34. The number of pyridine rings is 1. The van der Waals surface area contributed by atoms with Gasteiger partial charge in [0.05, 0.1) is 10.7 Å². The molecule has 1 aromatic heterocycles. The summed E-state index contributed by atoms with van der Waals surface area (Å²) in [6.45, 7) is 1.70. The van der Waals surface area contributed by atoms with E-state index in [9.17, 15) is 4.79 Å². The summed E-state index contributed by atoms with van der Waals surface area (Å²) in [4.78, 5) is 17.8. The van der Waals surface area contributed by atoms with E-state index in [4.69, 9.17) is 17.3 Å². The zero-order chi connectivity index (χ0) is 13.8. The Bertz CT molecular complexity index is 469. The van der Waals surface area contributed by atoms with E-state index in [2.05, 4.69) is 25.8 Å². The Hall–Kier alpha value is -0.650. The number of hydrogen-bond donors (Lipinski definition) is 1. The quantitative estimate of drug-likeness (QED) is 0.912. The van der Waals surface area contributed by atoms with Gasteiger partial charge >= 0.3 is 0 Å². The Labute approximate surface area is 126 Å². The molecule has 0 aliphatic carbocycles. The maximum atomic E-state index is 11.1. The molecule has 1 unspecified atom stereocenters. The first-order valence-electron chi connectivity index (χ1n) is 6.38. The zero-order valence-electron chi connectivity index (χ0n) is 10.6. The summed E-state index contributed by atoms with van der Waals surface area (Å²) in [6.07, 6.45) is 5.40. The first kappa shape index (κ1) is 14.8. The van der Waals surface area contributed by atoms with Crippen molar-refractivity contribution in [3.05, 3.63) is 27.5 Å². The van der Waals surface area contributed by atoms with Gasteiger partial charge in [-0.25, -0.2) is 0 Å². The number of carbonyl (C=O) groups excluding carboxylic acids is 1. The van der Waals surface area contributed by atoms with E-state index >= 15 is 0 Å². The smallest absolute Gasteiger partial charge is 0.218 e. The molecule has 1 fully saturated rings. The fourth-order valence-electron chi connectivity index (χ4n) is 2.48. The number of amides is 1. The van der Waals surface area contributed by atoms with Crippen molar-refractivity contribution in [3.8, 4) is 0 Å². The normalized spacial score (nSPS) is 20.4. The summed E-state index contributed by atoms with van der Waals surface area (Å²) in [5, 5.41) is 0.614. The van der Waals surface area contributed by atoms with Gasteiger partial charge in [-0.05, 0) is 41.4 Å². The number of carbonyl (C=O) groups is 1. The molecule has 1 amide bonds. The second-order valence-corrected chi connectivity index (χ2v) is 6.16. The number of primary amides is 1. The molecule has 0 bridgehead atoms. The molecule has 1 saturated heterocycles. The van der Waals surface area contributed by atoms with Gasteiger partial charge in [0.25, 0.3) is 0 Å². The molecule has 4 nitrogen and oxygen atoms in total. The monoisotopic (exact) mass is 345 g/mol. The first-order chi connectivity index (χ1) is 9.06. The first-order valence-corrected chi connectivity index (χ1v) is 7.55. The van der Waals surface area contributed by atoms with Gasteiger partial charge in [0, 0.05) is 29.7 Å². The van der Waals surface area contributed by atoms with Crippen LogP contribution in [0, 0.1) is 0 Å². The van der Waals surface area contributed by atoms with Gasteiger partial charge in [-0.3, -0.25) is 14.7 Å². The largest absolute Gasteiger partial charge is 0.370 e. The van der Waals surface area contributed by atoms with Gasteiger partial charge in [-0.15, -0.1) is 0 Å². The Balaban J connectivity index is 2.08. The summed E-state index contributed by atoms with van der Waals surface area (Å²) in [6, 6.07) is 2.08. The van der Waals surface area contributed by atoms with E-state index < -0.39 is 0 Å². The average molecular weight is 347 g/mol. The Morgan fingerprint density at radius 1 is 1.58 bits per heavy atom. The number of aromatic nitrogens is 1. The van der Waals surface area contributed by atoms with Crippen LogP contribution in [0.4, 0.5) is 0 Å². The molecule has 2 N–H and O–H groups in total. The number of piperidine rings is 1. The number of nitrogens with two attached hydrogens (primary N) is 1. The third-order valence-electron chi connectivity index (χ3n) is 3.42. The van der Waals surface area contributed by atoms with Gasteiger partial charge < -0.3 is 5.73 Å². The molecule has 104 valence electrons. The van der Waals surface area contributed by atoms with E-state index in [0.29, 0.717) is 11.4 Å². The van der Waals surface area contributed by atoms with E-state index in [1.54, 1.807) is 6.20 Å². The molecule has 1 atom stereocenters. The lowest BCUT2D eigenvalue weighted by Gasteiger charge is -2.35. The molecule has 0 radical (unpaired) electrons. The predicted octanol–water partition coefficient (Wildman–Crippen LogP) is 2.73. The minimum Gasteiger partial charge on any atom is -0.370 e. The minimum atomic E-state index is -0.236. The molecule has 19 heavy (non-hydrogen) atoms. The van der Waals surface area contributed by atoms with Crippen LogP contribution in [0.25, 0.3) is 0 Å². The maximum absolute atomic E-state index is 11.1. The summed E-state index contributed by atoms with van der Waals surface area (Å²) < 4.78 is 0.906. The summed E-state index contributed by atoms with van der Waals surface area (Å²) in [5.74, 6) is -0.236. The van der Waals surface area contributed by atoms with Gasteiger partial charge in [0.1, 0.15) is 0 Å².